The third-order valence-corrected chi connectivity index (χ3v) is 7.91. The first-order valence-corrected chi connectivity index (χ1v) is 13.7. The molecule has 0 bridgehead atoms. The minimum atomic E-state index is -1.20. The Morgan fingerprint density at radius 1 is 1.08 bits per heavy atom. The lowest BCUT2D eigenvalue weighted by molar-refractivity contribution is -0.148. The number of amides is 2. The molecule has 2 amide bonds. The van der Waals surface area contributed by atoms with Crippen LogP contribution in [0.15, 0.2) is 48.7 Å². The van der Waals surface area contributed by atoms with Crippen molar-refractivity contribution in [2.75, 3.05) is 6.61 Å². The lowest BCUT2D eigenvalue weighted by atomic mass is 9.94. The molecule has 1 saturated carbocycles. The summed E-state index contributed by atoms with van der Waals surface area (Å²) in [5, 5.41) is 14.3. The topological polar surface area (TPSA) is 135 Å². The summed E-state index contributed by atoms with van der Waals surface area (Å²) < 4.78 is 5.20. The number of thioether (sulfide) groups is 1. The third kappa shape index (κ3) is 7.56. The van der Waals surface area contributed by atoms with E-state index in [2.05, 4.69) is 15.6 Å². The fourth-order valence-electron chi connectivity index (χ4n) is 4.45. The first kappa shape index (κ1) is 29.2. The average molecular weight is 542 g/mol. The number of esters is 1. The number of nitrogens with zero attached hydrogens (tertiary/aromatic N) is 1. The Morgan fingerprint density at radius 3 is 2.34 bits per heavy atom. The van der Waals surface area contributed by atoms with Crippen LogP contribution in [0.1, 0.15) is 62.5 Å². The number of rotatable bonds is 11. The lowest BCUT2D eigenvalue weighted by Gasteiger charge is -2.33. The van der Waals surface area contributed by atoms with Gasteiger partial charge in [0.15, 0.2) is 0 Å². The second-order valence-corrected chi connectivity index (χ2v) is 10.8. The molecule has 1 heterocycles. The molecule has 0 saturated heterocycles. The van der Waals surface area contributed by atoms with E-state index in [9.17, 15) is 24.3 Å². The van der Waals surface area contributed by atoms with Crippen molar-refractivity contribution >= 4 is 34.7 Å². The summed E-state index contributed by atoms with van der Waals surface area (Å²) in [5.74, 6) is -1.53. The SMILES string of the molecule is CCOC(=O)[C@H](Cc1ccc(O)cc1)NC(=O)C1(NC(=O)[C@@H](SC(=O)c2ccccn2)C(C)C)CCCC1. The molecule has 1 aliphatic rings. The molecule has 9 nitrogen and oxygen atoms in total. The monoisotopic (exact) mass is 541 g/mol. The zero-order valence-corrected chi connectivity index (χ0v) is 22.8. The number of hydrogen-bond acceptors (Lipinski definition) is 8. The molecule has 2 atom stereocenters. The number of aromatic nitrogens is 1. The summed E-state index contributed by atoms with van der Waals surface area (Å²) in [5.41, 5.74) is -0.204. The van der Waals surface area contributed by atoms with Crippen LogP contribution in [0.25, 0.3) is 0 Å². The molecule has 0 unspecified atom stereocenters. The third-order valence-electron chi connectivity index (χ3n) is 6.48. The highest BCUT2D eigenvalue weighted by atomic mass is 32.2. The Bertz CT molecular complexity index is 1120. The summed E-state index contributed by atoms with van der Waals surface area (Å²) in [6.07, 6.45) is 4.00. The Labute approximate surface area is 227 Å². The fourth-order valence-corrected chi connectivity index (χ4v) is 5.36. The van der Waals surface area contributed by atoms with Crippen molar-refractivity contribution in [3.63, 3.8) is 0 Å². The largest absolute Gasteiger partial charge is 0.508 e. The molecule has 3 rings (SSSR count). The number of carbonyl (C=O) groups is 4. The van der Waals surface area contributed by atoms with E-state index in [0.29, 0.717) is 12.8 Å². The normalized spacial score (nSPS) is 15.9. The van der Waals surface area contributed by atoms with Crippen molar-refractivity contribution in [2.24, 2.45) is 5.92 Å². The standard InChI is InChI=1S/C28H35N3O6S/c1-4-37-25(34)22(17-19-10-12-20(32)13-11-19)30-27(36)28(14-6-7-15-28)31-24(33)23(18(2)3)38-26(35)21-9-5-8-16-29-21/h5,8-13,16,18,22-23,32H,4,6-7,14-15,17H2,1-3H3,(H,30,36)(H,31,33)/t22-,23-/m0/s1. The van der Waals surface area contributed by atoms with Crippen LogP contribution in [0, 0.1) is 5.92 Å². The predicted octanol–water partition coefficient (Wildman–Crippen LogP) is 3.40. The summed E-state index contributed by atoms with van der Waals surface area (Å²) in [6, 6.07) is 10.4. The van der Waals surface area contributed by atoms with Crippen molar-refractivity contribution in [1.82, 2.24) is 15.6 Å². The maximum absolute atomic E-state index is 13.6. The Hall–Kier alpha value is -3.40. The van der Waals surface area contributed by atoms with Gasteiger partial charge >= 0.3 is 5.97 Å². The number of pyridine rings is 1. The number of carbonyl (C=O) groups excluding carboxylic acids is 4. The molecule has 2 aromatic rings. The van der Waals surface area contributed by atoms with Crippen LogP contribution in [-0.2, 0) is 25.5 Å². The second kappa shape index (κ2) is 13.4. The molecule has 1 aliphatic carbocycles. The molecule has 1 fully saturated rings. The Balaban J connectivity index is 1.77. The number of phenols is 1. The summed E-state index contributed by atoms with van der Waals surface area (Å²) in [4.78, 5) is 56.7. The van der Waals surface area contributed by atoms with E-state index in [1.165, 1.54) is 18.3 Å². The zero-order chi connectivity index (χ0) is 27.7. The molecule has 3 N–H and O–H groups in total. The van der Waals surface area contributed by atoms with Gasteiger partial charge in [-0.25, -0.2) is 4.79 Å². The van der Waals surface area contributed by atoms with Crippen LogP contribution in [0.4, 0.5) is 0 Å². The number of benzene rings is 1. The Kier molecular flexibility index (Phi) is 10.3. The van der Waals surface area contributed by atoms with Crippen LogP contribution < -0.4 is 10.6 Å². The van der Waals surface area contributed by atoms with Gasteiger partial charge in [-0.3, -0.25) is 19.4 Å². The number of ether oxygens (including phenoxy) is 1. The van der Waals surface area contributed by atoms with Crippen LogP contribution in [-0.4, -0.2) is 56.4 Å². The van der Waals surface area contributed by atoms with Gasteiger partial charge < -0.3 is 20.5 Å². The summed E-state index contributed by atoms with van der Waals surface area (Å²) in [7, 11) is 0. The highest BCUT2D eigenvalue weighted by Crippen LogP contribution is 2.32. The van der Waals surface area contributed by atoms with Gasteiger partial charge in [-0.1, -0.05) is 56.7 Å². The van der Waals surface area contributed by atoms with Crippen molar-refractivity contribution in [2.45, 2.75) is 69.7 Å². The minimum Gasteiger partial charge on any atom is -0.508 e. The first-order chi connectivity index (χ1) is 18.1. The van der Waals surface area contributed by atoms with Crippen LogP contribution >= 0.6 is 11.8 Å². The maximum Gasteiger partial charge on any atom is 0.328 e. The van der Waals surface area contributed by atoms with E-state index in [4.69, 9.17) is 4.74 Å². The van der Waals surface area contributed by atoms with E-state index in [0.717, 1.165) is 30.2 Å². The van der Waals surface area contributed by atoms with Gasteiger partial charge in [-0.2, -0.15) is 0 Å². The number of phenolic OH excluding ortho intramolecular Hbond substituents is 1. The predicted molar refractivity (Wildman–Crippen MR) is 145 cm³/mol. The quantitative estimate of drug-likeness (QED) is 0.369. The van der Waals surface area contributed by atoms with Crippen LogP contribution in [0.3, 0.4) is 0 Å². The van der Waals surface area contributed by atoms with Gasteiger partial charge in [0.2, 0.25) is 16.9 Å². The van der Waals surface area contributed by atoms with Gasteiger partial charge in [-0.15, -0.1) is 0 Å². The summed E-state index contributed by atoms with van der Waals surface area (Å²) >= 11 is 0.896. The van der Waals surface area contributed by atoms with Gasteiger partial charge in [0.05, 0.1) is 11.9 Å². The number of hydrogen-bond donors (Lipinski definition) is 3. The molecular weight excluding hydrogens is 506 g/mol. The van der Waals surface area contributed by atoms with Crippen molar-refractivity contribution in [3.8, 4) is 5.75 Å². The molecule has 1 aromatic carbocycles. The van der Waals surface area contributed by atoms with Crippen LogP contribution in [0.2, 0.25) is 0 Å². The van der Waals surface area contributed by atoms with E-state index in [1.807, 2.05) is 13.8 Å². The van der Waals surface area contributed by atoms with Gasteiger partial charge in [0.1, 0.15) is 23.0 Å². The molecule has 0 radical (unpaired) electrons. The average Bonchev–Trinajstić information content (AvgIpc) is 3.38. The van der Waals surface area contributed by atoms with Crippen molar-refractivity contribution in [3.05, 3.63) is 59.9 Å². The van der Waals surface area contributed by atoms with Crippen molar-refractivity contribution in [1.29, 1.82) is 0 Å². The van der Waals surface area contributed by atoms with E-state index >= 15 is 0 Å². The van der Waals surface area contributed by atoms with Crippen molar-refractivity contribution < 1.29 is 29.0 Å². The van der Waals surface area contributed by atoms with Crippen LogP contribution in [0.5, 0.6) is 5.75 Å². The highest BCUT2D eigenvalue weighted by Gasteiger charge is 2.45. The lowest BCUT2D eigenvalue weighted by Crippen LogP contribution is -2.61. The Morgan fingerprint density at radius 2 is 1.76 bits per heavy atom. The molecular formula is C28H35N3O6S. The number of nitrogens with one attached hydrogen (secondary N) is 2. The molecule has 0 spiro atoms. The second-order valence-electron chi connectivity index (χ2n) is 9.71. The molecule has 10 heteroatoms. The minimum absolute atomic E-state index is 0.0946. The van der Waals surface area contributed by atoms with Gasteiger partial charge in [-0.05, 0) is 55.5 Å². The first-order valence-electron chi connectivity index (χ1n) is 12.8. The van der Waals surface area contributed by atoms with E-state index < -0.39 is 34.6 Å². The molecule has 38 heavy (non-hydrogen) atoms. The smallest absolute Gasteiger partial charge is 0.328 e. The van der Waals surface area contributed by atoms with E-state index in [-0.39, 0.29) is 35.5 Å². The maximum atomic E-state index is 13.6. The molecule has 204 valence electrons. The summed E-state index contributed by atoms with van der Waals surface area (Å²) in [6.45, 7) is 5.53. The highest BCUT2D eigenvalue weighted by molar-refractivity contribution is 8.15. The van der Waals surface area contributed by atoms with E-state index in [1.54, 1.807) is 37.3 Å². The molecule has 1 aromatic heterocycles. The zero-order valence-electron chi connectivity index (χ0n) is 21.9. The molecule has 0 aliphatic heterocycles. The number of aromatic hydroxyl groups is 1. The fraction of sp³-hybridized carbons (Fsp3) is 0.464. The van der Waals surface area contributed by atoms with Gasteiger partial charge in [0, 0.05) is 12.6 Å². The van der Waals surface area contributed by atoms with Gasteiger partial charge in [0.25, 0.3) is 0 Å².